The quantitative estimate of drug-likeness (QED) is 0.507. The van der Waals surface area contributed by atoms with Gasteiger partial charge < -0.3 is 0 Å². The normalized spacial score (nSPS) is 15.5. The summed E-state index contributed by atoms with van der Waals surface area (Å²) in [6, 6.07) is 17.0. The van der Waals surface area contributed by atoms with Crippen molar-refractivity contribution in [1.29, 1.82) is 0 Å². The van der Waals surface area contributed by atoms with Gasteiger partial charge in [-0.25, -0.2) is 4.57 Å². The predicted octanol–water partition coefficient (Wildman–Crippen LogP) is 6.05. The molecule has 0 N–H and O–H groups in total. The van der Waals surface area contributed by atoms with Crippen LogP contribution in [0, 0.1) is 19.2 Å². The van der Waals surface area contributed by atoms with Crippen molar-refractivity contribution in [3.8, 4) is 22.4 Å². The molecule has 26 heavy (non-hydrogen) atoms. The van der Waals surface area contributed by atoms with Gasteiger partial charge in [0.1, 0.15) is 7.05 Å². The van der Waals surface area contributed by atoms with E-state index in [9.17, 15) is 0 Å². The minimum atomic E-state index is -2.22. The molecule has 0 unspecified atom stereocenters. The first-order valence-electron chi connectivity index (χ1n) is 11.4. The summed E-state index contributed by atoms with van der Waals surface area (Å²) in [6.45, 7) is 5.38. The Morgan fingerprint density at radius 1 is 0.962 bits per heavy atom. The molecule has 3 aromatic rings. The molecule has 1 aromatic heterocycles. The summed E-state index contributed by atoms with van der Waals surface area (Å²) < 4.78 is 43.1. The molecule has 0 amide bonds. The number of benzene rings is 2. The molecule has 0 bridgehead atoms. The highest BCUT2D eigenvalue weighted by atomic mass is 14.9. The summed E-state index contributed by atoms with van der Waals surface area (Å²) >= 11 is 0. The van der Waals surface area contributed by atoms with Gasteiger partial charge in [-0.05, 0) is 60.0 Å². The van der Waals surface area contributed by atoms with Crippen LogP contribution in [0.2, 0.25) is 0 Å². The van der Waals surface area contributed by atoms with Gasteiger partial charge in [-0.2, -0.15) is 0 Å². The monoisotopic (exact) mass is 349 g/mol. The van der Waals surface area contributed by atoms with Gasteiger partial charge in [0.25, 0.3) is 0 Å². The van der Waals surface area contributed by atoms with Crippen LogP contribution in [0.25, 0.3) is 22.4 Å². The molecule has 1 heterocycles. The van der Waals surface area contributed by atoms with Crippen LogP contribution in [0.3, 0.4) is 0 Å². The van der Waals surface area contributed by atoms with Crippen molar-refractivity contribution in [2.45, 2.75) is 40.9 Å². The summed E-state index contributed by atoms with van der Waals surface area (Å²) in [7, 11) is 1.90. The lowest BCUT2D eigenvalue weighted by Crippen LogP contribution is -2.32. The van der Waals surface area contributed by atoms with E-state index in [0.29, 0.717) is 16.7 Å². The molecule has 0 saturated heterocycles. The summed E-state index contributed by atoms with van der Waals surface area (Å²) in [5, 5.41) is 0. The molecule has 0 atom stereocenters. The van der Waals surface area contributed by atoms with Crippen molar-refractivity contribution < 1.29 is 11.4 Å². The van der Waals surface area contributed by atoms with Gasteiger partial charge in [0.15, 0.2) is 6.20 Å². The zero-order valence-electron chi connectivity index (χ0n) is 21.2. The Hall–Kier alpha value is -2.41. The lowest BCUT2D eigenvalue weighted by atomic mass is 9.88. The van der Waals surface area contributed by atoms with E-state index in [1.807, 2.05) is 94.0 Å². The lowest BCUT2D eigenvalue weighted by molar-refractivity contribution is -0.660. The first-order valence-corrected chi connectivity index (χ1v) is 8.94. The van der Waals surface area contributed by atoms with Crippen LogP contribution in [0.5, 0.6) is 0 Å². The molecular weight excluding hydrogens is 314 g/mol. The maximum absolute atomic E-state index is 8.57. The van der Waals surface area contributed by atoms with Crippen LogP contribution < -0.4 is 4.57 Å². The van der Waals surface area contributed by atoms with Crippen molar-refractivity contribution >= 4 is 0 Å². The Morgan fingerprint density at radius 2 is 1.69 bits per heavy atom. The lowest BCUT2D eigenvalue weighted by Gasteiger charge is -2.17. The molecule has 0 saturated carbocycles. The van der Waals surface area contributed by atoms with Gasteiger partial charge in [0, 0.05) is 24.0 Å². The highest BCUT2D eigenvalue weighted by Crippen LogP contribution is 2.31. The molecule has 2 aromatic carbocycles. The molecule has 1 heteroatoms. The molecule has 134 valence electrons. The fourth-order valence-electron chi connectivity index (χ4n) is 3.23. The number of nitrogens with zero attached hydrogens (tertiary/aromatic N) is 1. The van der Waals surface area contributed by atoms with E-state index in [1.54, 1.807) is 6.07 Å². The summed E-state index contributed by atoms with van der Waals surface area (Å²) in [6.07, 6.45) is 0.346. The van der Waals surface area contributed by atoms with Crippen molar-refractivity contribution in [2.75, 3.05) is 0 Å². The molecule has 0 aliphatic carbocycles. The van der Waals surface area contributed by atoms with Crippen LogP contribution in [0.15, 0.2) is 60.8 Å². The minimum absolute atomic E-state index is 0.336. The van der Waals surface area contributed by atoms with E-state index in [2.05, 4.69) is 0 Å². The first-order chi connectivity index (χ1) is 14.2. The molecular formula is C25H30N+. The molecule has 0 radical (unpaired) electrons. The maximum Gasteiger partial charge on any atom is 0.212 e. The van der Waals surface area contributed by atoms with E-state index in [1.165, 1.54) is 0 Å². The summed E-state index contributed by atoms with van der Waals surface area (Å²) in [4.78, 5) is 0. The third-order valence-electron chi connectivity index (χ3n) is 4.38. The van der Waals surface area contributed by atoms with Crippen molar-refractivity contribution in [1.82, 2.24) is 0 Å². The van der Waals surface area contributed by atoms with Gasteiger partial charge in [-0.15, -0.1) is 0 Å². The summed E-state index contributed by atoms with van der Waals surface area (Å²) in [5.41, 5.74) is 4.66. The Bertz CT molecular complexity index is 1090. The Kier molecular flexibility index (Phi) is 3.50. The van der Waals surface area contributed by atoms with E-state index < -0.39 is 18.6 Å². The highest BCUT2D eigenvalue weighted by Gasteiger charge is 2.18. The van der Waals surface area contributed by atoms with Crippen molar-refractivity contribution in [3.05, 3.63) is 77.5 Å². The Labute approximate surface area is 165 Å². The third kappa shape index (κ3) is 4.04. The Balaban J connectivity index is 2.20. The van der Waals surface area contributed by atoms with Gasteiger partial charge in [0.05, 0.1) is 0 Å². The molecule has 1 nitrogen and oxygen atoms in total. The third-order valence-corrected chi connectivity index (χ3v) is 4.38. The number of aryl methyl sites for hydroxylation is 3. The first kappa shape index (κ1) is 12.9. The topological polar surface area (TPSA) is 3.88 Å². The second-order valence-corrected chi connectivity index (χ2v) is 7.87. The van der Waals surface area contributed by atoms with E-state index in [-0.39, 0.29) is 0 Å². The fraction of sp³-hybridized carbons (Fsp3) is 0.320. The van der Waals surface area contributed by atoms with Gasteiger partial charge in [0.2, 0.25) is 5.69 Å². The predicted molar refractivity (Wildman–Crippen MR) is 111 cm³/mol. The fourth-order valence-corrected chi connectivity index (χ4v) is 3.23. The Morgan fingerprint density at radius 3 is 2.31 bits per heavy atom. The smallest absolute Gasteiger partial charge is 0.201 e. The molecule has 0 aliphatic rings. The average Bonchev–Trinajstić information content (AvgIpc) is 2.67. The van der Waals surface area contributed by atoms with Crippen molar-refractivity contribution in [3.63, 3.8) is 0 Å². The summed E-state index contributed by atoms with van der Waals surface area (Å²) in [5.74, 6) is 0. The minimum Gasteiger partial charge on any atom is -0.201 e. The van der Waals surface area contributed by atoms with E-state index in [0.717, 1.165) is 22.4 Å². The maximum atomic E-state index is 8.57. The standard InChI is InChI=1S/C25H30N/c1-18-14-19(2)23(15-22(18)21-10-8-7-9-11-21)24-13-12-20(17-26(24)6)16-25(3,4)5/h7-15,17H,16H2,1-6H3/q+1/i1D3,16D2. The van der Waals surface area contributed by atoms with Gasteiger partial charge in [-0.1, -0.05) is 57.2 Å². The molecule has 0 aliphatic heterocycles. The highest BCUT2D eigenvalue weighted by molar-refractivity contribution is 5.75. The number of rotatable bonds is 3. The number of pyridine rings is 1. The second-order valence-electron chi connectivity index (χ2n) is 7.87. The number of hydrogen-bond donors (Lipinski definition) is 0. The number of hydrogen-bond acceptors (Lipinski definition) is 0. The van der Waals surface area contributed by atoms with E-state index in [4.69, 9.17) is 6.85 Å². The van der Waals surface area contributed by atoms with Crippen LogP contribution in [0.1, 0.15) is 44.3 Å². The van der Waals surface area contributed by atoms with Crippen LogP contribution >= 0.6 is 0 Å². The van der Waals surface area contributed by atoms with Crippen LogP contribution in [0.4, 0.5) is 0 Å². The molecule has 3 rings (SSSR count). The van der Waals surface area contributed by atoms with Crippen LogP contribution in [-0.2, 0) is 13.4 Å². The zero-order chi connectivity index (χ0) is 23.2. The van der Waals surface area contributed by atoms with Gasteiger partial charge in [-0.3, -0.25) is 0 Å². The van der Waals surface area contributed by atoms with Crippen molar-refractivity contribution in [2.24, 2.45) is 12.5 Å². The van der Waals surface area contributed by atoms with E-state index >= 15 is 0 Å². The average molecular weight is 350 g/mol. The number of aromatic nitrogens is 1. The molecule has 0 spiro atoms. The second kappa shape index (κ2) is 7.07. The molecule has 0 fully saturated rings. The van der Waals surface area contributed by atoms with Gasteiger partial charge >= 0.3 is 0 Å². The SMILES string of the molecule is [2H]C([2H])([2H])c1cc(C)c(-c2ccc(C([2H])([2H])C(C)(C)C)c[n+]2C)cc1-c1ccccc1. The van der Waals surface area contributed by atoms with Crippen LogP contribution in [-0.4, -0.2) is 0 Å². The largest absolute Gasteiger partial charge is 0.212 e. The zero-order valence-corrected chi connectivity index (χ0v) is 16.2.